The van der Waals surface area contributed by atoms with Crippen LogP contribution in [0.1, 0.15) is 30.0 Å². The Morgan fingerprint density at radius 3 is 2.77 bits per heavy atom. The molecule has 1 aliphatic rings. The average Bonchev–Trinajstić information content (AvgIpc) is 3.19. The molecule has 1 aromatic heterocycles. The Balaban J connectivity index is 0.00000243. The number of hydrogen-bond acceptors (Lipinski definition) is 3. The number of carbonyl (C=O) groups is 1. The number of carbonyl (C=O) groups excluding carboxylic acids is 1. The maximum Gasteiger partial charge on any atom is 0.225 e. The van der Waals surface area contributed by atoms with Gasteiger partial charge in [-0.05, 0) is 30.2 Å². The van der Waals surface area contributed by atoms with Crippen molar-refractivity contribution >= 4 is 41.5 Å². The number of rotatable bonds is 4. The molecule has 5 nitrogen and oxygen atoms in total. The summed E-state index contributed by atoms with van der Waals surface area (Å²) in [6.07, 6.45) is 3.71. The molecule has 0 bridgehead atoms. The fraction of sp³-hybridized carbons (Fsp3) is 0.412. The van der Waals surface area contributed by atoms with E-state index in [1.807, 2.05) is 13.2 Å². The van der Waals surface area contributed by atoms with Gasteiger partial charge >= 0.3 is 0 Å². The van der Waals surface area contributed by atoms with E-state index in [4.69, 9.17) is 23.2 Å². The standard InChI is InChI=1S/C17H19Cl2FN4O.ClH/c1-9(11-3-16(20)15(19)4-14(11)18)23-17(25)13-7-21-6-12(13)10-5-22-24(2)8-10;/h3-5,8-9,12-13,21H,6-7H2,1-2H3,(H,23,25);1H/t9?,12-,13+;/m1./s1. The molecule has 2 N–H and O–H groups in total. The van der Waals surface area contributed by atoms with Crippen LogP contribution in [-0.2, 0) is 11.8 Å². The predicted octanol–water partition coefficient (Wildman–Crippen LogP) is 3.47. The van der Waals surface area contributed by atoms with Crippen molar-refractivity contribution < 1.29 is 9.18 Å². The number of halogens is 4. The van der Waals surface area contributed by atoms with Gasteiger partial charge in [0, 0.05) is 37.3 Å². The second kappa shape index (κ2) is 8.57. The smallest absolute Gasteiger partial charge is 0.225 e. The summed E-state index contributed by atoms with van der Waals surface area (Å²) in [5.74, 6) is -0.823. The maximum atomic E-state index is 13.7. The molecule has 0 radical (unpaired) electrons. The summed E-state index contributed by atoms with van der Waals surface area (Å²) in [5, 5.41) is 10.6. The van der Waals surface area contributed by atoms with Crippen LogP contribution in [0.25, 0.3) is 0 Å². The molecule has 0 aliphatic carbocycles. The Morgan fingerprint density at radius 2 is 2.12 bits per heavy atom. The van der Waals surface area contributed by atoms with Crippen LogP contribution >= 0.6 is 35.6 Å². The first-order chi connectivity index (χ1) is 11.9. The third-order valence-corrected chi connectivity index (χ3v) is 5.19. The fourth-order valence-electron chi connectivity index (χ4n) is 3.20. The van der Waals surface area contributed by atoms with Gasteiger partial charge in [0.15, 0.2) is 0 Å². The Morgan fingerprint density at radius 1 is 1.38 bits per heavy atom. The van der Waals surface area contributed by atoms with Gasteiger partial charge in [-0.15, -0.1) is 12.4 Å². The molecule has 1 aliphatic heterocycles. The molecular weight excluding hydrogens is 402 g/mol. The number of aromatic nitrogens is 2. The summed E-state index contributed by atoms with van der Waals surface area (Å²) in [7, 11) is 1.85. The normalized spacial score (nSPS) is 20.5. The van der Waals surface area contributed by atoms with E-state index in [0.29, 0.717) is 23.7 Å². The van der Waals surface area contributed by atoms with Gasteiger partial charge in [-0.2, -0.15) is 5.10 Å². The van der Waals surface area contributed by atoms with Crippen molar-refractivity contribution in [2.45, 2.75) is 18.9 Å². The van der Waals surface area contributed by atoms with E-state index in [1.165, 1.54) is 12.1 Å². The van der Waals surface area contributed by atoms with Crippen LogP contribution < -0.4 is 10.6 Å². The van der Waals surface area contributed by atoms with Crippen molar-refractivity contribution in [3.8, 4) is 0 Å². The van der Waals surface area contributed by atoms with Crippen LogP contribution in [-0.4, -0.2) is 28.8 Å². The first-order valence-corrected chi connectivity index (χ1v) is 8.76. The predicted molar refractivity (Wildman–Crippen MR) is 103 cm³/mol. The van der Waals surface area contributed by atoms with E-state index in [9.17, 15) is 9.18 Å². The third-order valence-electron chi connectivity index (χ3n) is 4.57. The highest BCUT2D eigenvalue weighted by Crippen LogP contribution is 2.31. The average molecular weight is 422 g/mol. The van der Waals surface area contributed by atoms with Crippen molar-refractivity contribution in [1.82, 2.24) is 20.4 Å². The summed E-state index contributed by atoms with van der Waals surface area (Å²) in [5.41, 5.74) is 1.52. The van der Waals surface area contributed by atoms with E-state index in [-0.39, 0.29) is 35.2 Å². The molecule has 3 rings (SSSR count). The van der Waals surface area contributed by atoms with Crippen LogP contribution in [0.5, 0.6) is 0 Å². The highest BCUT2D eigenvalue weighted by molar-refractivity contribution is 6.35. The quantitative estimate of drug-likeness (QED) is 0.743. The SMILES string of the molecule is CC(NC(=O)[C@H]1CNC[C@@H]1c1cnn(C)c1)c1cc(F)c(Cl)cc1Cl.Cl. The van der Waals surface area contributed by atoms with E-state index < -0.39 is 11.9 Å². The zero-order valence-corrected chi connectivity index (χ0v) is 16.6. The van der Waals surface area contributed by atoms with Crippen molar-refractivity contribution in [2.24, 2.45) is 13.0 Å². The molecule has 0 spiro atoms. The summed E-state index contributed by atoms with van der Waals surface area (Å²) >= 11 is 11.9. The Bertz CT molecular complexity index is 798. The molecule has 1 aromatic carbocycles. The van der Waals surface area contributed by atoms with E-state index >= 15 is 0 Å². The van der Waals surface area contributed by atoms with Crippen molar-refractivity contribution in [2.75, 3.05) is 13.1 Å². The molecule has 2 aromatic rings. The number of nitrogens with one attached hydrogen (secondary N) is 2. The Hall–Kier alpha value is -1.34. The van der Waals surface area contributed by atoms with Gasteiger partial charge in [0.25, 0.3) is 0 Å². The van der Waals surface area contributed by atoms with Crippen molar-refractivity contribution in [1.29, 1.82) is 0 Å². The number of nitrogens with zero attached hydrogens (tertiary/aromatic N) is 2. The van der Waals surface area contributed by atoms with Crippen LogP contribution in [0, 0.1) is 11.7 Å². The van der Waals surface area contributed by atoms with Crippen LogP contribution in [0.4, 0.5) is 4.39 Å². The molecule has 1 saturated heterocycles. The monoisotopic (exact) mass is 420 g/mol. The second-order valence-corrected chi connectivity index (χ2v) is 7.15. The lowest BCUT2D eigenvalue weighted by molar-refractivity contribution is -0.125. The summed E-state index contributed by atoms with van der Waals surface area (Å²) in [6, 6.07) is 2.19. The topological polar surface area (TPSA) is 59.0 Å². The minimum atomic E-state index is -0.557. The van der Waals surface area contributed by atoms with E-state index in [2.05, 4.69) is 15.7 Å². The summed E-state index contributed by atoms with van der Waals surface area (Å²) in [4.78, 5) is 12.7. The molecule has 142 valence electrons. The van der Waals surface area contributed by atoms with Gasteiger partial charge in [0.2, 0.25) is 5.91 Å². The molecule has 0 saturated carbocycles. The highest BCUT2D eigenvalue weighted by Gasteiger charge is 2.35. The maximum absolute atomic E-state index is 13.7. The number of benzene rings is 1. The number of hydrogen-bond donors (Lipinski definition) is 2. The van der Waals surface area contributed by atoms with Crippen LogP contribution in [0.3, 0.4) is 0 Å². The van der Waals surface area contributed by atoms with Crippen LogP contribution in [0.2, 0.25) is 10.0 Å². The van der Waals surface area contributed by atoms with Gasteiger partial charge in [-0.3, -0.25) is 9.48 Å². The Kier molecular flexibility index (Phi) is 6.91. The molecular formula is C17H20Cl3FN4O. The lowest BCUT2D eigenvalue weighted by atomic mass is 9.90. The summed E-state index contributed by atoms with van der Waals surface area (Å²) in [6.45, 7) is 3.07. The third kappa shape index (κ3) is 4.31. The molecule has 1 amide bonds. The fourth-order valence-corrected chi connectivity index (χ4v) is 3.75. The molecule has 3 atom stereocenters. The lowest BCUT2D eigenvalue weighted by Crippen LogP contribution is -2.36. The van der Waals surface area contributed by atoms with Gasteiger partial charge in [0.1, 0.15) is 5.82 Å². The highest BCUT2D eigenvalue weighted by atomic mass is 35.5. The van der Waals surface area contributed by atoms with E-state index in [1.54, 1.807) is 17.8 Å². The Labute approximate surface area is 167 Å². The molecule has 2 heterocycles. The minimum absolute atomic E-state index is 0. The molecule has 1 fully saturated rings. The van der Waals surface area contributed by atoms with E-state index in [0.717, 1.165) is 5.56 Å². The zero-order chi connectivity index (χ0) is 18.1. The first kappa shape index (κ1) is 21.0. The minimum Gasteiger partial charge on any atom is -0.349 e. The second-order valence-electron chi connectivity index (χ2n) is 6.34. The first-order valence-electron chi connectivity index (χ1n) is 8.01. The largest absolute Gasteiger partial charge is 0.349 e. The summed E-state index contributed by atoms with van der Waals surface area (Å²) < 4.78 is 15.4. The number of amides is 1. The van der Waals surface area contributed by atoms with Crippen molar-refractivity contribution in [3.05, 3.63) is 51.5 Å². The lowest BCUT2D eigenvalue weighted by Gasteiger charge is -2.21. The van der Waals surface area contributed by atoms with Crippen LogP contribution in [0.15, 0.2) is 24.5 Å². The van der Waals surface area contributed by atoms with Crippen molar-refractivity contribution in [3.63, 3.8) is 0 Å². The van der Waals surface area contributed by atoms with Gasteiger partial charge in [0.05, 0.1) is 23.2 Å². The molecule has 9 heteroatoms. The molecule has 1 unspecified atom stereocenters. The molecule has 26 heavy (non-hydrogen) atoms. The van der Waals surface area contributed by atoms with Gasteiger partial charge in [-0.25, -0.2) is 4.39 Å². The van der Waals surface area contributed by atoms with Gasteiger partial charge < -0.3 is 10.6 Å². The number of aryl methyl sites for hydroxylation is 1. The van der Waals surface area contributed by atoms with Gasteiger partial charge in [-0.1, -0.05) is 23.2 Å². The zero-order valence-electron chi connectivity index (χ0n) is 14.3.